The van der Waals surface area contributed by atoms with Crippen molar-refractivity contribution in [3.63, 3.8) is 0 Å². The standard InChI is InChI=1S/C30H24O12/c1-37-20(33)9-10(21(34)38-2)19-26-7(18(9)41-19)5-6-8-12-11(16(6)31)13(26)14(15(26)17(8)32)28-23-30(28,25(36)40-4)29(24(35)39-3)22(42-23)27(12,28)29/h5-6,8,11-15,18-19,22-23H,1-4H3/t6-,8-,11?,12+,13?,14+,15+,18-,19-,22+,23-,26+,27?,28?,29-,30+/m0/s1. The number of carbonyl (C=O) groups is 6. The van der Waals surface area contributed by atoms with Crippen LogP contribution in [0.1, 0.15) is 0 Å². The van der Waals surface area contributed by atoms with Crippen molar-refractivity contribution in [1.29, 1.82) is 0 Å². The summed E-state index contributed by atoms with van der Waals surface area (Å²) in [6.45, 7) is 0. The van der Waals surface area contributed by atoms with Crippen LogP contribution in [0.5, 0.6) is 0 Å². The van der Waals surface area contributed by atoms with Crippen LogP contribution in [0.3, 0.4) is 0 Å². The number of carbonyl (C=O) groups excluding carboxylic acids is 6. The lowest BCUT2D eigenvalue weighted by Crippen LogP contribution is -2.76. The third-order valence-electron chi connectivity index (χ3n) is 14.5. The number of hydrogen-bond acceptors (Lipinski definition) is 12. The van der Waals surface area contributed by atoms with E-state index in [1.807, 2.05) is 6.08 Å². The molecule has 0 radical (unpaired) electrons. The van der Waals surface area contributed by atoms with Gasteiger partial charge in [-0.1, -0.05) is 6.08 Å². The maximum atomic E-state index is 14.9. The zero-order chi connectivity index (χ0) is 29.0. The van der Waals surface area contributed by atoms with Crippen LogP contribution in [0.25, 0.3) is 0 Å². The highest BCUT2D eigenvalue weighted by Crippen LogP contribution is 3.17. The van der Waals surface area contributed by atoms with Crippen LogP contribution in [0.15, 0.2) is 22.8 Å². The first-order chi connectivity index (χ1) is 20.2. The molecule has 4 bridgehead atoms. The minimum Gasteiger partial charge on any atom is -0.468 e. The van der Waals surface area contributed by atoms with Crippen LogP contribution >= 0.6 is 0 Å². The summed E-state index contributed by atoms with van der Waals surface area (Å²) in [4.78, 5) is 82.9. The molecule has 0 aromatic heterocycles. The molecule has 6 saturated carbocycles. The fourth-order valence-electron chi connectivity index (χ4n) is 14.6. The van der Waals surface area contributed by atoms with Crippen LogP contribution in [0, 0.1) is 68.5 Å². The van der Waals surface area contributed by atoms with Crippen molar-refractivity contribution in [3.8, 4) is 0 Å². The van der Waals surface area contributed by atoms with Gasteiger partial charge in [0.25, 0.3) is 0 Å². The number of hydrogen-bond donors (Lipinski definition) is 0. The van der Waals surface area contributed by atoms with Crippen molar-refractivity contribution in [1.82, 2.24) is 0 Å². The van der Waals surface area contributed by atoms with Gasteiger partial charge in [-0.25, -0.2) is 9.59 Å². The Kier molecular flexibility index (Phi) is 3.17. The predicted octanol–water partition coefficient (Wildman–Crippen LogP) is -1.06. The molecular weight excluding hydrogens is 552 g/mol. The molecular formula is C30H24O12. The fourth-order valence-corrected chi connectivity index (χ4v) is 14.6. The van der Waals surface area contributed by atoms with Crippen molar-refractivity contribution in [2.45, 2.75) is 24.4 Å². The molecule has 0 aromatic rings. The smallest absolute Gasteiger partial charge is 0.337 e. The average Bonchev–Trinajstić information content (AvgIpc) is 3.30. The van der Waals surface area contributed by atoms with Gasteiger partial charge in [0.05, 0.1) is 51.8 Å². The minimum atomic E-state index is -1.28. The Labute approximate surface area is 237 Å². The second kappa shape index (κ2) is 5.76. The van der Waals surface area contributed by atoms with E-state index in [0.717, 1.165) is 0 Å². The Bertz CT molecular complexity index is 1720. The lowest BCUT2D eigenvalue weighted by Gasteiger charge is -2.71. The van der Waals surface area contributed by atoms with Gasteiger partial charge in [0, 0.05) is 39.9 Å². The SMILES string of the molecule is COC(=O)C1=C(C(=O)OC)[C@@H]2O[C@H]1C1=C[C@@H]3C(=O)C4C5[C@@H]6[C@H](C(=O)[C@@H]3[C@H]4C34[C@H]7O[C@H]8C63[C@@]8(C(=O)OC)[C@]74C(=O)OC)[C@@]152. The molecule has 4 unspecified atom stereocenters. The van der Waals surface area contributed by atoms with E-state index >= 15 is 0 Å². The first kappa shape index (κ1) is 23.1. The third kappa shape index (κ3) is 1.36. The van der Waals surface area contributed by atoms with Crippen molar-refractivity contribution in [2.75, 3.05) is 28.4 Å². The van der Waals surface area contributed by atoms with E-state index in [1.54, 1.807) is 0 Å². The van der Waals surface area contributed by atoms with Gasteiger partial charge in [-0.3, -0.25) is 19.2 Å². The second-order valence-corrected chi connectivity index (χ2v) is 13.9. The Morgan fingerprint density at radius 2 is 1.31 bits per heavy atom. The molecule has 9 fully saturated rings. The maximum absolute atomic E-state index is 14.9. The van der Waals surface area contributed by atoms with Crippen molar-refractivity contribution in [2.24, 2.45) is 68.5 Å². The van der Waals surface area contributed by atoms with Crippen molar-refractivity contribution < 1.29 is 57.2 Å². The molecule has 0 amide bonds. The molecule has 0 aromatic carbocycles. The van der Waals surface area contributed by atoms with Gasteiger partial charge in [-0.05, 0) is 23.3 Å². The molecule has 3 spiro atoms. The van der Waals surface area contributed by atoms with E-state index in [0.29, 0.717) is 5.57 Å². The zero-order valence-electron chi connectivity index (χ0n) is 22.8. The first-order valence-corrected chi connectivity index (χ1v) is 14.4. The number of Topliss-reactive ketones (excluding diaryl/α,β-unsaturated/α-hetero) is 2. The van der Waals surface area contributed by atoms with Crippen LogP contribution < -0.4 is 0 Å². The van der Waals surface area contributed by atoms with Gasteiger partial charge in [0.15, 0.2) is 0 Å². The number of methoxy groups -OCH3 is 4. The van der Waals surface area contributed by atoms with E-state index in [-0.39, 0.29) is 22.7 Å². The largest absolute Gasteiger partial charge is 0.468 e. The van der Waals surface area contributed by atoms with Gasteiger partial charge in [-0.15, -0.1) is 0 Å². The minimum absolute atomic E-state index is 0.0293. The summed E-state index contributed by atoms with van der Waals surface area (Å²) >= 11 is 0. The molecule has 7 aliphatic carbocycles. The Morgan fingerprint density at radius 1 is 0.714 bits per heavy atom. The van der Waals surface area contributed by atoms with Crippen molar-refractivity contribution in [3.05, 3.63) is 22.8 Å². The summed E-state index contributed by atoms with van der Waals surface area (Å²) in [5.74, 6) is -6.86. The Balaban J connectivity index is 1.20. The van der Waals surface area contributed by atoms with Crippen LogP contribution in [0.4, 0.5) is 0 Å². The van der Waals surface area contributed by atoms with Gasteiger partial charge in [0.2, 0.25) is 0 Å². The number of ether oxygens (including phenoxy) is 6. The highest BCUT2D eigenvalue weighted by atomic mass is 16.6. The molecule has 4 aliphatic heterocycles. The summed E-state index contributed by atoms with van der Waals surface area (Å²) < 4.78 is 33.8. The van der Waals surface area contributed by atoms with Gasteiger partial charge >= 0.3 is 23.9 Å². The molecule has 4 heterocycles. The fraction of sp³-hybridized carbons (Fsp3) is 0.667. The maximum Gasteiger partial charge on any atom is 0.337 e. The summed E-state index contributed by atoms with van der Waals surface area (Å²) in [7, 11) is 5.00. The summed E-state index contributed by atoms with van der Waals surface area (Å²) in [5.41, 5.74) is -4.56. The molecule has 0 N–H and O–H groups in total. The van der Waals surface area contributed by atoms with Gasteiger partial charge < -0.3 is 28.4 Å². The predicted molar refractivity (Wildman–Crippen MR) is 127 cm³/mol. The topological polar surface area (TPSA) is 158 Å². The van der Waals surface area contributed by atoms with E-state index in [9.17, 15) is 28.8 Å². The number of fused-ring (bicyclic) bond motifs is 9. The molecule has 11 rings (SSSR count). The zero-order valence-corrected chi connectivity index (χ0v) is 22.8. The first-order valence-electron chi connectivity index (χ1n) is 14.4. The number of esters is 4. The van der Waals surface area contributed by atoms with Crippen LogP contribution in [-0.2, 0) is 57.2 Å². The van der Waals surface area contributed by atoms with E-state index in [1.165, 1.54) is 28.4 Å². The van der Waals surface area contributed by atoms with Crippen LogP contribution in [0.2, 0.25) is 0 Å². The molecule has 11 aliphatic rings. The molecule has 12 nitrogen and oxygen atoms in total. The van der Waals surface area contributed by atoms with Crippen LogP contribution in [-0.4, -0.2) is 88.3 Å². The summed E-state index contributed by atoms with van der Waals surface area (Å²) in [6.07, 6.45) is -1.35. The second-order valence-electron chi connectivity index (χ2n) is 13.9. The quantitative estimate of drug-likeness (QED) is 0.227. The van der Waals surface area contributed by atoms with Gasteiger partial charge in [-0.2, -0.15) is 0 Å². The van der Waals surface area contributed by atoms with E-state index < -0.39 is 117 Å². The molecule has 16 atom stereocenters. The number of rotatable bonds is 4. The number of allylic oxidation sites excluding steroid dienone is 1. The van der Waals surface area contributed by atoms with Crippen molar-refractivity contribution >= 4 is 35.4 Å². The lowest BCUT2D eigenvalue weighted by atomic mass is 9.28. The van der Waals surface area contributed by atoms with Gasteiger partial charge in [0.1, 0.15) is 34.6 Å². The molecule has 12 heteroatoms. The Morgan fingerprint density at radius 3 is 1.90 bits per heavy atom. The number of ketones is 2. The summed E-state index contributed by atoms with van der Waals surface area (Å²) in [6, 6.07) is 0. The summed E-state index contributed by atoms with van der Waals surface area (Å²) in [5, 5.41) is 0. The normalized spacial score (nSPS) is 60.0. The third-order valence-corrected chi connectivity index (χ3v) is 14.5. The molecule has 42 heavy (non-hydrogen) atoms. The molecule has 216 valence electrons. The van der Waals surface area contributed by atoms with E-state index in [2.05, 4.69) is 0 Å². The highest BCUT2D eigenvalue weighted by Gasteiger charge is 3.28. The average molecular weight is 577 g/mol. The Hall–Kier alpha value is -3.38. The monoisotopic (exact) mass is 576 g/mol. The molecule has 3 saturated heterocycles. The highest BCUT2D eigenvalue weighted by molar-refractivity contribution is 6.12. The lowest BCUT2D eigenvalue weighted by molar-refractivity contribution is -0.261. The van der Waals surface area contributed by atoms with E-state index in [4.69, 9.17) is 28.4 Å².